The summed E-state index contributed by atoms with van der Waals surface area (Å²) in [4.78, 5) is 16.0. The Morgan fingerprint density at radius 1 is 0.545 bits per heavy atom. The van der Waals surface area contributed by atoms with Crippen molar-refractivity contribution in [3.8, 4) is 0 Å². The summed E-state index contributed by atoms with van der Waals surface area (Å²) >= 11 is 0. The number of hydrogen-bond donors (Lipinski definition) is 3. The van der Waals surface area contributed by atoms with Crippen molar-refractivity contribution in [3.05, 3.63) is 101 Å². The molecular weight excluding hydrogens is 406 g/mol. The number of para-hydroxylation sites is 1. The van der Waals surface area contributed by atoms with Gasteiger partial charge in [-0.15, -0.1) is 0 Å². The highest BCUT2D eigenvalue weighted by Gasteiger charge is 2.06. The Morgan fingerprint density at radius 3 is 1.64 bits per heavy atom. The van der Waals surface area contributed by atoms with Crippen LogP contribution < -0.4 is 5.32 Å². The van der Waals surface area contributed by atoms with Gasteiger partial charge in [0.15, 0.2) is 0 Å². The van der Waals surface area contributed by atoms with Gasteiger partial charge in [-0.3, -0.25) is 0 Å². The zero-order chi connectivity index (χ0) is 22.0. The van der Waals surface area contributed by atoms with Crippen molar-refractivity contribution >= 4 is 52.1 Å². The minimum absolute atomic E-state index is 0.915. The molecule has 160 valence electrons. The number of H-pyrrole nitrogens is 2. The lowest BCUT2D eigenvalue weighted by atomic mass is 10.2. The molecule has 0 fully saturated rings. The first-order valence-electron chi connectivity index (χ1n) is 11.1. The molecule has 8 bridgehead atoms. The van der Waals surface area contributed by atoms with Crippen LogP contribution >= 0.6 is 0 Å². The zero-order valence-corrected chi connectivity index (χ0v) is 18.0. The van der Waals surface area contributed by atoms with E-state index in [0.29, 0.717) is 0 Å². The average molecular weight is 430 g/mol. The summed E-state index contributed by atoms with van der Waals surface area (Å²) in [5.74, 6) is 0. The van der Waals surface area contributed by atoms with Gasteiger partial charge in [0.1, 0.15) is 0 Å². The molecule has 5 heteroatoms. The van der Waals surface area contributed by atoms with E-state index in [9.17, 15) is 0 Å². The number of benzene rings is 1. The van der Waals surface area contributed by atoms with Crippen LogP contribution in [0.4, 0.5) is 5.69 Å². The standard InChI is InChI=1S/C20H14N4.C8H9N/c1-2-14-10-16-5-6-18(23-16)12-20-8-7-19(24-20)11-17-4-3-15(22-17)9-13(1)21-14;1-2-4-8-7(3-1)5-6-9-8/h1-12,21-22H;1-4,9H,5-6H2. The maximum absolute atomic E-state index is 4.62. The largest absolute Gasteiger partial charge is 0.384 e. The van der Waals surface area contributed by atoms with Gasteiger partial charge in [0.25, 0.3) is 0 Å². The van der Waals surface area contributed by atoms with E-state index in [1.165, 1.54) is 17.7 Å². The predicted molar refractivity (Wildman–Crippen MR) is 137 cm³/mol. The summed E-state index contributed by atoms with van der Waals surface area (Å²) in [6.45, 7) is 1.11. The number of nitrogens with zero attached hydrogens (tertiary/aromatic N) is 2. The van der Waals surface area contributed by atoms with Crippen molar-refractivity contribution in [3.63, 3.8) is 0 Å². The number of aromatic nitrogens is 4. The zero-order valence-electron chi connectivity index (χ0n) is 18.0. The third kappa shape index (κ3) is 4.34. The molecule has 7 rings (SSSR count). The molecule has 4 aromatic rings. The fraction of sp³-hybridized carbons (Fsp3) is 0.0714. The highest BCUT2D eigenvalue weighted by molar-refractivity contribution is 5.77. The molecule has 6 heterocycles. The van der Waals surface area contributed by atoms with Crippen LogP contribution in [0.2, 0.25) is 0 Å². The summed E-state index contributed by atoms with van der Waals surface area (Å²) in [5.41, 5.74) is 10.6. The van der Waals surface area contributed by atoms with Crippen LogP contribution in [0.3, 0.4) is 0 Å². The molecule has 1 aromatic carbocycles. The SMILES string of the molecule is C1=Cc2cc3ccc(cc4ccc(cc5nc(cc1n2)C=C5)[nH]4)[nH]3.c1ccc2c(c1)CCN2. The molecule has 0 spiro atoms. The maximum atomic E-state index is 4.62. The van der Waals surface area contributed by atoms with E-state index in [-0.39, 0.29) is 0 Å². The molecule has 0 amide bonds. The highest BCUT2D eigenvalue weighted by atomic mass is 14.9. The maximum Gasteiger partial charge on any atom is 0.0659 e. The quantitative estimate of drug-likeness (QED) is 0.265. The van der Waals surface area contributed by atoms with Crippen LogP contribution in [0, 0.1) is 0 Å². The van der Waals surface area contributed by atoms with Gasteiger partial charge in [0.2, 0.25) is 0 Å². The Hall–Kier alpha value is -4.38. The Morgan fingerprint density at radius 2 is 1.06 bits per heavy atom. The van der Waals surface area contributed by atoms with Crippen molar-refractivity contribution in [2.24, 2.45) is 0 Å². The van der Waals surface area contributed by atoms with Gasteiger partial charge in [-0.2, -0.15) is 0 Å². The van der Waals surface area contributed by atoms with Crippen LogP contribution in [0.25, 0.3) is 46.4 Å². The first kappa shape index (κ1) is 19.3. The number of rotatable bonds is 0. The van der Waals surface area contributed by atoms with E-state index in [1.54, 1.807) is 0 Å². The Labute approximate surface area is 191 Å². The fourth-order valence-corrected chi connectivity index (χ4v) is 4.19. The lowest BCUT2D eigenvalue weighted by molar-refractivity contribution is 1.11. The van der Waals surface area contributed by atoms with Crippen LogP contribution in [0.1, 0.15) is 28.3 Å². The minimum atomic E-state index is 0.915. The molecule has 3 aromatic heterocycles. The normalized spacial score (nSPS) is 13.2. The molecular formula is C28H23N5. The summed E-state index contributed by atoms with van der Waals surface area (Å²) in [7, 11) is 0. The molecule has 3 N–H and O–H groups in total. The van der Waals surface area contributed by atoms with Crippen molar-refractivity contribution in [2.75, 3.05) is 11.9 Å². The lowest BCUT2D eigenvalue weighted by Gasteiger charge is -1.94. The Balaban J connectivity index is 0.000000192. The monoisotopic (exact) mass is 429 g/mol. The summed E-state index contributed by atoms with van der Waals surface area (Å²) in [5, 5.41) is 3.30. The second kappa shape index (κ2) is 8.28. The molecule has 0 saturated heterocycles. The first-order valence-corrected chi connectivity index (χ1v) is 11.1. The summed E-state index contributed by atoms with van der Waals surface area (Å²) in [6.07, 6.45) is 9.24. The van der Waals surface area contributed by atoms with Gasteiger partial charge in [0.05, 0.1) is 22.8 Å². The van der Waals surface area contributed by atoms with Crippen molar-refractivity contribution in [1.29, 1.82) is 0 Å². The van der Waals surface area contributed by atoms with E-state index in [2.05, 4.69) is 79.9 Å². The second-order valence-electron chi connectivity index (χ2n) is 8.24. The van der Waals surface area contributed by atoms with Crippen LogP contribution in [0.5, 0.6) is 0 Å². The van der Waals surface area contributed by atoms with Gasteiger partial charge >= 0.3 is 0 Å². The van der Waals surface area contributed by atoms with Crippen molar-refractivity contribution < 1.29 is 0 Å². The topological polar surface area (TPSA) is 69.4 Å². The fourth-order valence-electron chi connectivity index (χ4n) is 4.19. The van der Waals surface area contributed by atoms with Crippen LogP contribution in [-0.2, 0) is 6.42 Å². The summed E-state index contributed by atoms with van der Waals surface area (Å²) < 4.78 is 0. The van der Waals surface area contributed by atoms with Crippen molar-refractivity contribution in [1.82, 2.24) is 19.9 Å². The predicted octanol–water partition coefficient (Wildman–Crippen LogP) is 6.31. The average Bonchev–Trinajstić information content (AvgIpc) is 3.63. The van der Waals surface area contributed by atoms with E-state index >= 15 is 0 Å². The molecule has 3 aliphatic rings. The second-order valence-corrected chi connectivity index (χ2v) is 8.24. The molecule has 3 aliphatic heterocycles. The van der Waals surface area contributed by atoms with Crippen LogP contribution in [-0.4, -0.2) is 26.5 Å². The molecule has 0 atom stereocenters. The number of aromatic amines is 2. The van der Waals surface area contributed by atoms with E-state index in [4.69, 9.17) is 0 Å². The minimum Gasteiger partial charge on any atom is -0.384 e. The lowest BCUT2D eigenvalue weighted by Crippen LogP contribution is -1.90. The van der Waals surface area contributed by atoms with Crippen LogP contribution in [0.15, 0.2) is 72.8 Å². The van der Waals surface area contributed by atoms with Gasteiger partial charge in [-0.1, -0.05) is 18.2 Å². The van der Waals surface area contributed by atoms with Gasteiger partial charge in [-0.25, -0.2) is 9.97 Å². The van der Waals surface area contributed by atoms with E-state index in [1.807, 2.05) is 42.5 Å². The van der Waals surface area contributed by atoms with Gasteiger partial charge in [-0.05, 0) is 90.9 Å². The Kier molecular flexibility index (Phi) is 4.85. The van der Waals surface area contributed by atoms with E-state index in [0.717, 1.165) is 51.4 Å². The van der Waals surface area contributed by atoms with Gasteiger partial charge < -0.3 is 15.3 Å². The molecule has 0 radical (unpaired) electrons. The molecule has 0 saturated carbocycles. The van der Waals surface area contributed by atoms with Gasteiger partial charge in [0, 0.05) is 34.3 Å². The number of anilines is 1. The highest BCUT2D eigenvalue weighted by Crippen LogP contribution is 2.20. The molecule has 33 heavy (non-hydrogen) atoms. The molecule has 0 unspecified atom stereocenters. The smallest absolute Gasteiger partial charge is 0.0659 e. The third-order valence-corrected chi connectivity index (χ3v) is 5.77. The number of fused-ring (bicyclic) bond motifs is 9. The molecule has 0 aliphatic carbocycles. The number of nitrogens with one attached hydrogen (secondary N) is 3. The summed E-state index contributed by atoms with van der Waals surface area (Å²) in [6, 6.07) is 24.9. The number of hydrogen-bond acceptors (Lipinski definition) is 3. The van der Waals surface area contributed by atoms with E-state index < -0.39 is 0 Å². The third-order valence-electron chi connectivity index (χ3n) is 5.77. The molecule has 5 nitrogen and oxygen atoms in total. The van der Waals surface area contributed by atoms with Crippen molar-refractivity contribution in [2.45, 2.75) is 6.42 Å². The first-order chi connectivity index (χ1) is 16.3. The Bertz CT molecular complexity index is 1440.